The highest BCUT2D eigenvalue weighted by Gasteiger charge is 2.61. The van der Waals surface area contributed by atoms with Crippen LogP contribution in [0.4, 0.5) is 13.2 Å². The highest BCUT2D eigenvalue weighted by Crippen LogP contribution is 2.69. The quantitative estimate of drug-likeness (QED) is 0.420. The fraction of sp³-hybridized carbons (Fsp3) is 1.00. The lowest BCUT2D eigenvalue weighted by Gasteiger charge is -2.62. The predicted molar refractivity (Wildman–Crippen MR) is 126 cm³/mol. The van der Waals surface area contributed by atoms with Crippen molar-refractivity contribution in [2.24, 2.45) is 46.3 Å². The summed E-state index contributed by atoms with van der Waals surface area (Å²) in [5, 5.41) is 20.9. The van der Waals surface area contributed by atoms with Crippen LogP contribution < -0.4 is 0 Å². The molecule has 1 unspecified atom stereocenters. The van der Waals surface area contributed by atoms with Gasteiger partial charge in [-0.15, -0.1) is 0 Å². The van der Waals surface area contributed by atoms with Gasteiger partial charge in [0, 0.05) is 0 Å². The fourth-order valence-electron chi connectivity index (χ4n) is 9.64. The van der Waals surface area contributed by atoms with Crippen molar-refractivity contribution in [1.29, 1.82) is 0 Å². The Morgan fingerprint density at radius 1 is 0.909 bits per heavy atom. The smallest absolute Gasteiger partial charge is 0.391 e. The van der Waals surface area contributed by atoms with Gasteiger partial charge in [0.15, 0.2) is 0 Å². The molecule has 192 valence electrons. The van der Waals surface area contributed by atoms with E-state index in [1.54, 1.807) is 0 Å². The minimum Gasteiger partial charge on any atom is -0.393 e. The van der Waals surface area contributed by atoms with Crippen molar-refractivity contribution in [1.82, 2.24) is 0 Å². The lowest BCUT2D eigenvalue weighted by Crippen LogP contribution is -2.56. The molecule has 4 rings (SSSR count). The number of halogens is 3. The number of hydrogen-bond donors (Lipinski definition) is 2. The van der Waals surface area contributed by atoms with Gasteiger partial charge in [0.05, 0.1) is 18.1 Å². The van der Waals surface area contributed by atoms with Gasteiger partial charge in [-0.2, -0.15) is 13.2 Å². The van der Waals surface area contributed by atoms with E-state index in [2.05, 4.69) is 27.7 Å². The Hall–Kier alpha value is -0.290. The zero-order valence-electron chi connectivity index (χ0n) is 21.3. The number of alkyl halides is 3. The lowest BCUT2D eigenvalue weighted by atomic mass is 9.43. The molecule has 4 fully saturated rings. The van der Waals surface area contributed by atoms with Crippen LogP contribution in [0.15, 0.2) is 0 Å². The SMILES string of the molecule is CC[C@]1(O)CC[C@@]2(C)[C@@H](CCC3[C@@H]2CC[C@]2(C)[C@@H]([C@H](C)CC[C@@H](O)CC(F)(F)F)CC[C@@H]32)C1. The predicted octanol–water partition coefficient (Wildman–Crippen LogP) is 7.52. The minimum atomic E-state index is -4.29. The molecule has 0 bridgehead atoms. The number of aliphatic hydroxyl groups is 2. The minimum absolute atomic E-state index is 0.254. The molecular formula is C28H47F3O2. The Labute approximate surface area is 199 Å². The zero-order chi connectivity index (χ0) is 24.2. The van der Waals surface area contributed by atoms with E-state index >= 15 is 0 Å². The van der Waals surface area contributed by atoms with Crippen LogP contribution in [0.25, 0.3) is 0 Å². The first-order valence-corrected chi connectivity index (χ1v) is 13.8. The van der Waals surface area contributed by atoms with E-state index < -0.39 is 24.3 Å². The normalized spacial score (nSPS) is 47.4. The monoisotopic (exact) mass is 472 g/mol. The largest absolute Gasteiger partial charge is 0.393 e. The lowest BCUT2D eigenvalue weighted by molar-refractivity contribution is -0.155. The van der Waals surface area contributed by atoms with Gasteiger partial charge in [-0.1, -0.05) is 27.7 Å². The van der Waals surface area contributed by atoms with Crippen LogP contribution in [0.2, 0.25) is 0 Å². The third-order valence-electron chi connectivity index (χ3n) is 11.7. The third-order valence-corrected chi connectivity index (χ3v) is 11.7. The summed E-state index contributed by atoms with van der Waals surface area (Å²) in [4.78, 5) is 0. The van der Waals surface area contributed by atoms with Crippen LogP contribution in [-0.2, 0) is 0 Å². The second kappa shape index (κ2) is 8.98. The van der Waals surface area contributed by atoms with Crippen LogP contribution >= 0.6 is 0 Å². The van der Waals surface area contributed by atoms with Crippen molar-refractivity contribution >= 4 is 0 Å². The molecule has 0 aromatic carbocycles. The number of aliphatic hydroxyl groups excluding tert-OH is 1. The molecule has 0 saturated heterocycles. The van der Waals surface area contributed by atoms with Crippen molar-refractivity contribution in [2.75, 3.05) is 0 Å². The van der Waals surface area contributed by atoms with E-state index in [0.717, 1.165) is 43.4 Å². The first kappa shape index (κ1) is 25.8. The fourth-order valence-corrected chi connectivity index (χ4v) is 9.64. The van der Waals surface area contributed by atoms with Gasteiger partial charge in [-0.05, 0) is 123 Å². The van der Waals surface area contributed by atoms with Crippen LogP contribution in [0.5, 0.6) is 0 Å². The van der Waals surface area contributed by atoms with Crippen LogP contribution in [0, 0.1) is 46.3 Å². The molecule has 4 saturated carbocycles. The molecule has 2 nitrogen and oxygen atoms in total. The maximum Gasteiger partial charge on any atom is 0.391 e. The van der Waals surface area contributed by atoms with Crippen LogP contribution in [-0.4, -0.2) is 28.1 Å². The van der Waals surface area contributed by atoms with Gasteiger partial charge in [0.2, 0.25) is 0 Å². The average Bonchev–Trinajstić information content (AvgIpc) is 3.09. The highest BCUT2D eigenvalue weighted by molar-refractivity contribution is 5.10. The summed E-state index contributed by atoms with van der Waals surface area (Å²) in [7, 11) is 0. The molecule has 0 aromatic heterocycles. The van der Waals surface area contributed by atoms with Gasteiger partial charge in [-0.25, -0.2) is 0 Å². The zero-order valence-corrected chi connectivity index (χ0v) is 21.3. The maximum absolute atomic E-state index is 12.6. The molecule has 0 radical (unpaired) electrons. The van der Waals surface area contributed by atoms with E-state index in [9.17, 15) is 23.4 Å². The summed E-state index contributed by atoms with van der Waals surface area (Å²) in [6.45, 7) is 9.36. The van der Waals surface area contributed by atoms with E-state index in [0.29, 0.717) is 29.6 Å². The molecule has 0 aliphatic heterocycles. The number of fused-ring (bicyclic) bond motifs is 5. The molecule has 2 N–H and O–H groups in total. The summed E-state index contributed by atoms with van der Waals surface area (Å²) in [5.74, 6) is 3.83. The summed E-state index contributed by atoms with van der Waals surface area (Å²) in [6, 6.07) is 0. The number of hydrogen-bond acceptors (Lipinski definition) is 2. The molecular weight excluding hydrogens is 425 g/mol. The summed E-state index contributed by atoms with van der Waals surface area (Å²) in [5.41, 5.74) is 0.194. The molecule has 5 heteroatoms. The van der Waals surface area contributed by atoms with Gasteiger partial charge < -0.3 is 10.2 Å². The van der Waals surface area contributed by atoms with E-state index in [1.165, 1.54) is 38.5 Å². The van der Waals surface area contributed by atoms with Crippen molar-refractivity contribution in [3.63, 3.8) is 0 Å². The second-order valence-corrected chi connectivity index (χ2v) is 13.2. The molecule has 0 spiro atoms. The summed E-state index contributed by atoms with van der Waals surface area (Å²) < 4.78 is 37.8. The molecule has 0 amide bonds. The molecule has 10 atom stereocenters. The van der Waals surface area contributed by atoms with Gasteiger partial charge in [0.1, 0.15) is 0 Å². The Balaban J connectivity index is 1.42. The topological polar surface area (TPSA) is 40.5 Å². The van der Waals surface area contributed by atoms with Crippen molar-refractivity contribution in [3.8, 4) is 0 Å². The first-order chi connectivity index (χ1) is 15.3. The summed E-state index contributed by atoms with van der Waals surface area (Å²) >= 11 is 0. The Morgan fingerprint density at radius 2 is 1.61 bits per heavy atom. The van der Waals surface area contributed by atoms with Crippen LogP contribution in [0.1, 0.15) is 111 Å². The van der Waals surface area contributed by atoms with Gasteiger partial charge >= 0.3 is 6.18 Å². The Bertz CT molecular complexity index is 695. The van der Waals surface area contributed by atoms with E-state index in [4.69, 9.17) is 0 Å². The standard InChI is InChI=1S/C28H47F3O2/c1-5-27(33)15-14-25(3)19(16-27)7-9-21-23-11-10-22(26(23,4)13-12-24(21)25)18(2)6-8-20(32)17-28(29,30)31/h18-24,32-33H,5-17H2,1-4H3/t18-,19+,20-,21?,22-,23+,24+,25+,26-,27+/m1/s1. The average molecular weight is 473 g/mol. The molecule has 0 aromatic rings. The van der Waals surface area contributed by atoms with E-state index in [-0.39, 0.29) is 11.8 Å². The second-order valence-electron chi connectivity index (χ2n) is 13.2. The third kappa shape index (κ3) is 4.76. The van der Waals surface area contributed by atoms with Crippen molar-refractivity contribution < 1.29 is 23.4 Å². The first-order valence-electron chi connectivity index (χ1n) is 13.8. The Kier molecular flexibility index (Phi) is 7.02. The van der Waals surface area contributed by atoms with Crippen molar-refractivity contribution in [2.45, 2.75) is 129 Å². The summed E-state index contributed by atoms with van der Waals surface area (Å²) in [6.07, 6.45) is 5.75. The maximum atomic E-state index is 12.6. The van der Waals surface area contributed by atoms with E-state index in [1.807, 2.05) is 0 Å². The molecule has 33 heavy (non-hydrogen) atoms. The van der Waals surface area contributed by atoms with Crippen LogP contribution in [0.3, 0.4) is 0 Å². The number of rotatable bonds is 6. The molecule has 0 heterocycles. The van der Waals surface area contributed by atoms with Crippen molar-refractivity contribution in [3.05, 3.63) is 0 Å². The van der Waals surface area contributed by atoms with Gasteiger partial charge in [0.25, 0.3) is 0 Å². The molecule has 4 aliphatic rings. The van der Waals surface area contributed by atoms with Gasteiger partial charge in [-0.3, -0.25) is 0 Å². The Morgan fingerprint density at radius 3 is 2.27 bits per heavy atom. The molecule has 4 aliphatic carbocycles. The highest BCUT2D eigenvalue weighted by atomic mass is 19.4.